The maximum absolute atomic E-state index is 12.6. The minimum absolute atomic E-state index is 0.0843. The van der Waals surface area contributed by atoms with E-state index in [1.54, 1.807) is 52.1 Å². The van der Waals surface area contributed by atoms with Crippen LogP contribution in [0.25, 0.3) is 4.96 Å². The van der Waals surface area contributed by atoms with Crippen molar-refractivity contribution in [2.75, 3.05) is 5.32 Å². The monoisotopic (exact) mass is 473 g/mol. The number of amides is 1. The van der Waals surface area contributed by atoms with E-state index in [1.165, 1.54) is 10.9 Å². The van der Waals surface area contributed by atoms with Crippen LogP contribution in [0.4, 0.5) is 5.69 Å². The fourth-order valence-electron chi connectivity index (χ4n) is 4.04. The van der Waals surface area contributed by atoms with E-state index in [2.05, 4.69) is 10.3 Å². The molecule has 4 aromatic rings. The van der Waals surface area contributed by atoms with Crippen LogP contribution < -0.4 is 10.9 Å². The van der Waals surface area contributed by atoms with E-state index < -0.39 is 5.97 Å². The summed E-state index contributed by atoms with van der Waals surface area (Å²) < 4.78 is 7.08. The number of thiazole rings is 1. The Morgan fingerprint density at radius 2 is 1.74 bits per heavy atom. The maximum atomic E-state index is 12.6. The number of ether oxygens (including phenoxy) is 1. The van der Waals surface area contributed by atoms with Crippen molar-refractivity contribution < 1.29 is 14.3 Å². The van der Waals surface area contributed by atoms with Crippen LogP contribution >= 0.6 is 11.3 Å². The van der Waals surface area contributed by atoms with Crippen LogP contribution in [0.5, 0.6) is 0 Å². The number of aryl methyl sites for hydroxylation is 3. The molecule has 0 atom stereocenters. The zero-order chi connectivity index (χ0) is 23.7. The average molecular weight is 474 g/mol. The van der Waals surface area contributed by atoms with E-state index >= 15 is 0 Å². The molecule has 0 unspecified atom stereocenters. The number of rotatable bonds is 5. The third-order valence-electron chi connectivity index (χ3n) is 5.86. The molecule has 1 aliphatic rings. The van der Waals surface area contributed by atoms with E-state index in [1.807, 2.05) is 19.1 Å². The van der Waals surface area contributed by atoms with Crippen LogP contribution in [0.3, 0.4) is 0 Å². The van der Waals surface area contributed by atoms with Gasteiger partial charge in [-0.3, -0.25) is 14.0 Å². The summed E-state index contributed by atoms with van der Waals surface area (Å²) in [5.41, 5.74) is 3.92. The van der Waals surface area contributed by atoms with Crippen molar-refractivity contribution in [3.63, 3.8) is 0 Å². The lowest BCUT2D eigenvalue weighted by Crippen LogP contribution is -2.18. The van der Waals surface area contributed by atoms with Crippen LogP contribution in [0.2, 0.25) is 0 Å². The molecule has 0 radical (unpaired) electrons. The molecular weight excluding hydrogens is 450 g/mol. The Balaban J connectivity index is 1.23. The van der Waals surface area contributed by atoms with Crippen LogP contribution in [0.15, 0.2) is 59.4 Å². The molecule has 8 heteroatoms. The highest BCUT2D eigenvalue weighted by Gasteiger charge is 2.19. The van der Waals surface area contributed by atoms with E-state index in [9.17, 15) is 14.4 Å². The Bertz CT molecular complexity index is 1440. The third-order valence-corrected chi connectivity index (χ3v) is 7.00. The average Bonchev–Trinajstić information content (AvgIpc) is 3.22. The SMILES string of the molecule is Cc1ccc(C(=O)Nc2ccc(C(=O)OCc3cc(=O)n4c5c(sc4n3)CCCC5)cc2)cc1. The van der Waals surface area contributed by atoms with Gasteiger partial charge in [-0.1, -0.05) is 17.7 Å². The number of nitrogens with one attached hydrogen (secondary N) is 1. The van der Waals surface area contributed by atoms with Gasteiger partial charge in [0.15, 0.2) is 4.96 Å². The number of aromatic nitrogens is 2. The molecule has 2 heterocycles. The van der Waals surface area contributed by atoms with E-state index in [4.69, 9.17) is 4.74 Å². The van der Waals surface area contributed by atoms with E-state index in [0.29, 0.717) is 27.5 Å². The van der Waals surface area contributed by atoms with Gasteiger partial charge in [-0.25, -0.2) is 9.78 Å². The van der Waals surface area contributed by atoms with Crippen LogP contribution in [0, 0.1) is 6.92 Å². The number of esters is 1. The molecule has 34 heavy (non-hydrogen) atoms. The van der Waals surface area contributed by atoms with Gasteiger partial charge in [-0.15, -0.1) is 11.3 Å². The largest absolute Gasteiger partial charge is 0.456 e. The van der Waals surface area contributed by atoms with Gasteiger partial charge in [0.05, 0.1) is 11.3 Å². The van der Waals surface area contributed by atoms with Crippen LogP contribution in [-0.4, -0.2) is 21.3 Å². The Kier molecular flexibility index (Phi) is 5.98. The summed E-state index contributed by atoms with van der Waals surface area (Å²) in [7, 11) is 0. The van der Waals surface area contributed by atoms with Crippen molar-refractivity contribution in [1.82, 2.24) is 9.38 Å². The number of carbonyl (C=O) groups is 2. The Morgan fingerprint density at radius 1 is 1.03 bits per heavy atom. The minimum atomic E-state index is -0.524. The zero-order valence-corrected chi connectivity index (χ0v) is 19.5. The van der Waals surface area contributed by atoms with Crippen molar-refractivity contribution >= 4 is 33.9 Å². The van der Waals surface area contributed by atoms with Gasteiger partial charge in [0.2, 0.25) is 0 Å². The highest BCUT2D eigenvalue weighted by Crippen LogP contribution is 2.28. The molecule has 0 aliphatic heterocycles. The lowest BCUT2D eigenvalue weighted by atomic mass is 10.0. The lowest BCUT2D eigenvalue weighted by Gasteiger charge is -2.10. The first kappa shape index (κ1) is 22.0. The Labute approximate surface area is 200 Å². The second kappa shape index (κ2) is 9.23. The van der Waals surface area contributed by atoms with Gasteiger partial charge in [0.25, 0.3) is 11.5 Å². The normalized spacial score (nSPS) is 12.9. The molecule has 5 rings (SSSR count). The predicted molar refractivity (Wildman–Crippen MR) is 131 cm³/mol. The van der Waals surface area contributed by atoms with Gasteiger partial charge in [-0.05, 0) is 69.0 Å². The summed E-state index contributed by atoms with van der Waals surface area (Å²) in [6.45, 7) is 1.88. The zero-order valence-electron chi connectivity index (χ0n) is 18.7. The number of nitrogens with zero attached hydrogens (tertiary/aromatic N) is 2. The predicted octanol–water partition coefficient (Wildman–Crippen LogP) is 4.55. The summed E-state index contributed by atoms with van der Waals surface area (Å²) >= 11 is 1.54. The fourth-order valence-corrected chi connectivity index (χ4v) is 5.27. The molecule has 1 amide bonds. The fraction of sp³-hybridized carbons (Fsp3) is 0.231. The molecule has 1 N–H and O–H groups in total. The molecule has 2 aromatic heterocycles. The number of benzene rings is 2. The van der Waals surface area contributed by atoms with E-state index in [-0.39, 0.29) is 18.1 Å². The van der Waals surface area contributed by atoms with Crippen molar-refractivity contribution in [2.45, 2.75) is 39.2 Å². The quantitative estimate of drug-likeness (QED) is 0.430. The molecule has 0 spiro atoms. The van der Waals surface area contributed by atoms with Crippen molar-refractivity contribution in [3.8, 4) is 0 Å². The van der Waals surface area contributed by atoms with Crippen molar-refractivity contribution in [3.05, 3.63) is 97.9 Å². The number of hydrogen-bond acceptors (Lipinski definition) is 6. The number of anilines is 1. The number of carbonyl (C=O) groups excluding carboxylic acids is 2. The molecule has 0 saturated heterocycles. The second-order valence-electron chi connectivity index (χ2n) is 8.36. The van der Waals surface area contributed by atoms with Gasteiger partial charge >= 0.3 is 5.97 Å². The third kappa shape index (κ3) is 4.49. The molecule has 1 aliphatic carbocycles. The maximum Gasteiger partial charge on any atom is 0.338 e. The smallest absolute Gasteiger partial charge is 0.338 e. The number of hydrogen-bond donors (Lipinski definition) is 1. The van der Waals surface area contributed by atoms with Gasteiger partial charge in [0, 0.05) is 27.9 Å². The number of fused-ring (bicyclic) bond motifs is 3. The first-order chi connectivity index (χ1) is 16.5. The highest BCUT2D eigenvalue weighted by atomic mass is 32.1. The molecule has 0 saturated carbocycles. The Hall–Kier alpha value is -3.78. The Morgan fingerprint density at radius 3 is 2.50 bits per heavy atom. The summed E-state index contributed by atoms with van der Waals surface area (Å²) in [6.07, 6.45) is 4.09. The topological polar surface area (TPSA) is 89.8 Å². The molecule has 2 aromatic carbocycles. The van der Waals surface area contributed by atoms with Gasteiger partial charge < -0.3 is 10.1 Å². The summed E-state index contributed by atoms with van der Waals surface area (Å²) in [6, 6.07) is 15.2. The van der Waals surface area contributed by atoms with Crippen molar-refractivity contribution in [2.24, 2.45) is 0 Å². The van der Waals surface area contributed by atoms with Crippen molar-refractivity contribution in [1.29, 1.82) is 0 Å². The molecule has 0 bridgehead atoms. The lowest BCUT2D eigenvalue weighted by molar-refractivity contribution is 0.0467. The highest BCUT2D eigenvalue weighted by molar-refractivity contribution is 7.17. The standard InChI is InChI=1S/C26H23N3O4S/c1-16-6-8-17(9-7-16)24(31)27-19-12-10-18(11-13-19)25(32)33-15-20-14-23(30)29-21-4-2-3-5-22(21)34-26(29)28-20/h6-14H,2-5,15H2,1H3,(H,27,31). The first-order valence-electron chi connectivity index (χ1n) is 11.2. The van der Waals surface area contributed by atoms with Gasteiger partial charge in [0.1, 0.15) is 6.61 Å². The second-order valence-corrected chi connectivity index (χ2v) is 9.42. The summed E-state index contributed by atoms with van der Waals surface area (Å²) in [4.78, 5) is 43.9. The molecule has 0 fully saturated rings. The molecule has 172 valence electrons. The van der Waals surface area contributed by atoms with Gasteiger partial charge in [-0.2, -0.15) is 0 Å². The summed E-state index contributed by atoms with van der Waals surface area (Å²) in [5.74, 6) is -0.748. The summed E-state index contributed by atoms with van der Waals surface area (Å²) in [5, 5.41) is 2.81. The van der Waals surface area contributed by atoms with Crippen LogP contribution in [0.1, 0.15) is 55.4 Å². The minimum Gasteiger partial charge on any atom is -0.456 e. The van der Waals surface area contributed by atoms with Crippen LogP contribution in [-0.2, 0) is 24.2 Å². The molecule has 7 nitrogen and oxygen atoms in total. The van der Waals surface area contributed by atoms with E-state index in [0.717, 1.165) is 36.9 Å². The first-order valence-corrected chi connectivity index (χ1v) is 12.0. The molecular formula is C26H23N3O4S.